The Bertz CT molecular complexity index is 296. The molecule has 0 aliphatic heterocycles. The minimum atomic E-state index is -0.591. The zero-order valence-corrected chi connectivity index (χ0v) is 6.16. The predicted molar refractivity (Wildman–Crippen MR) is 41.9 cm³/mol. The van der Waals surface area contributed by atoms with Crippen molar-refractivity contribution in [1.82, 2.24) is 4.98 Å². The van der Waals surface area contributed by atoms with Gasteiger partial charge >= 0.3 is 0 Å². The van der Waals surface area contributed by atoms with E-state index in [1.54, 1.807) is 19.1 Å². The molecule has 0 radical (unpaired) electrons. The quantitative estimate of drug-likeness (QED) is 0.595. The van der Waals surface area contributed by atoms with Gasteiger partial charge in [0, 0.05) is 5.69 Å². The summed E-state index contributed by atoms with van der Waals surface area (Å²) < 4.78 is 0. The smallest absolute Gasteiger partial charge is 0.269 e. The lowest BCUT2D eigenvalue weighted by atomic mass is 10.2. The molecule has 4 heteroatoms. The van der Waals surface area contributed by atoms with E-state index in [-0.39, 0.29) is 5.69 Å². The van der Waals surface area contributed by atoms with Crippen LogP contribution in [0.2, 0.25) is 0 Å². The highest BCUT2D eigenvalue weighted by Gasteiger charge is 2.05. The maximum absolute atomic E-state index is 10.7. The number of primary amides is 1. The van der Waals surface area contributed by atoms with Crippen LogP contribution in [0.5, 0.6) is 0 Å². The van der Waals surface area contributed by atoms with Gasteiger partial charge in [0.1, 0.15) is 0 Å². The molecule has 11 heavy (non-hydrogen) atoms. The molecule has 58 valence electrons. The molecule has 4 nitrogen and oxygen atoms in total. The van der Waals surface area contributed by atoms with Gasteiger partial charge in [-0.15, -0.1) is 0 Å². The monoisotopic (exact) mass is 151 g/mol. The Hall–Kier alpha value is -1.58. The first kappa shape index (κ1) is 7.53. The van der Waals surface area contributed by atoms with E-state index in [2.05, 4.69) is 4.98 Å². The van der Waals surface area contributed by atoms with Crippen molar-refractivity contribution < 1.29 is 4.79 Å². The van der Waals surface area contributed by atoms with Crippen LogP contribution in [0, 0.1) is 6.92 Å². The lowest BCUT2D eigenvalue weighted by molar-refractivity contribution is 0.0996. The summed E-state index contributed by atoms with van der Waals surface area (Å²) in [6.07, 6.45) is 0. The minimum absolute atomic E-state index is 0.144. The lowest BCUT2D eigenvalue weighted by Crippen LogP contribution is -2.15. The van der Waals surface area contributed by atoms with Gasteiger partial charge in [-0.3, -0.25) is 4.79 Å². The van der Waals surface area contributed by atoms with E-state index in [1.165, 1.54) is 0 Å². The highest BCUT2D eigenvalue weighted by Crippen LogP contribution is 2.07. The molecule has 0 unspecified atom stereocenters. The average molecular weight is 151 g/mol. The molecule has 0 spiro atoms. The van der Waals surface area contributed by atoms with Crippen LogP contribution >= 0.6 is 0 Å². The summed E-state index contributed by atoms with van der Waals surface area (Å²) in [6.45, 7) is 1.77. The summed E-state index contributed by atoms with van der Waals surface area (Å²) >= 11 is 0. The van der Waals surface area contributed by atoms with Crippen molar-refractivity contribution in [3.63, 3.8) is 0 Å². The summed E-state index contributed by atoms with van der Waals surface area (Å²) in [4.78, 5) is 14.5. The normalized spacial score (nSPS) is 9.55. The topological polar surface area (TPSA) is 82.0 Å². The van der Waals surface area contributed by atoms with Crippen LogP contribution in [-0.2, 0) is 0 Å². The number of amides is 1. The molecular weight excluding hydrogens is 142 g/mol. The van der Waals surface area contributed by atoms with Crippen molar-refractivity contribution >= 4 is 11.6 Å². The second-order valence-corrected chi connectivity index (χ2v) is 2.25. The maximum atomic E-state index is 10.7. The Morgan fingerprint density at radius 3 is 2.64 bits per heavy atom. The number of aromatic nitrogens is 1. The Morgan fingerprint density at radius 1 is 1.55 bits per heavy atom. The van der Waals surface area contributed by atoms with E-state index in [0.717, 1.165) is 5.69 Å². The zero-order chi connectivity index (χ0) is 8.43. The molecule has 0 saturated carbocycles. The molecule has 0 bridgehead atoms. The predicted octanol–water partition coefficient (Wildman–Crippen LogP) is 0.0711. The number of carbonyl (C=O) groups excluding carboxylic acids is 1. The molecule has 0 fully saturated rings. The fourth-order valence-electron chi connectivity index (χ4n) is 0.765. The van der Waals surface area contributed by atoms with E-state index in [4.69, 9.17) is 11.5 Å². The van der Waals surface area contributed by atoms with E-state index >= 15 is 0 Å². The fraction of sp³-hybridized carbons (Fsp3) is 0.143. The lowest BCUT2D eigenvalue weighted by Gasteiger charge is -1.99. The van der Waals surface area contributed by atoms with Crippen LogP contribution in [0.1, 0.15) is 16.2 Å². The highest BCUT2D eigenvalue weighted by atomic mass is 16.1. The molecule has 1 rings (SSSR count). The summed E-state index contributed by atoms with van der Waals surface area (Å²) in [5, 5.41) is 0. The van der Waals surface area contributed by atoms with Crippen molar-refractivity contribution in [2.75, 3.05) is 5.73 Å². The molecule has 1 heterocycles. The maximum Gasteiger partial charge on any atom is 0.269 e. The van der Waals surface area contributed by atoms with Crippen LogP contribution in [-0.4, -0.2) is 10.9 Å². The number of nitrogen functional groups attached to an aromatic ring is 1. The van der Waals surface area contributed by atoms with Crippen LogP contribution in [0.15, 0.2) is 12.1 Å². The average Bonchev–Trinajstić information content (AvgIpc) is 1.94. The van der Waals surface area contributed by atoms with E-state index in [0.29, 0.717) is 5.69 Å². The number of anilines is 1. The fourth-order valence-corrected chi connectivity index (χ4v) is 0.765. The van der Waals surface area contributed by atoms with Crippen molar-refractivity contribution in [2.24, 2.45) is 5.73 Å². The number of aryl methyl sites for hydroxylation is 1. The Balaban J connectivity index is 3.23. The summed E-state index contributed by atoms with van der Waals surface area (Å²) in [5.41, 5.74) is 11.6. The van der Waals surface area contributed by atoms with E-state index in [9.17, 15) is 4.79 Å². The standard InChI is InChI=1S/C7H9N3O/c1-4-2-3-5(8)6(10-4)7(9)11/h2-3H,8H2,1H3,(H2,9,11). The number of nitrogens with zero attached hydrogens (tertiary/aromatic N) is 1. The van der Waals surface area contributed by atoms with Gasteiger partial charge in [0.05, 0.1) is 5.69 Å². The molecule has 4 N–H and O–H groups in total. The Kier molecular flexibility index (Phi) is 1.76. The summed E-state index contributed by atoms with van der Waals surface area (Å²) in [6, 6.07) is 3.34. The first-order valence-corrected chi connectivity index (χ1v) is 3.14. The van der Waals surface area contributed by atoms with Crippen LogP contribution in [0.3, 0.4) is 0 Å². The number of hydrogen-bond acceptors (Lipinski definition) is 3. The van der Waals surface area contributed by atoms with Crippen molar-refractivity contribution in [1.29, 1.82) is 0 Å². The van der Waals surface area contributed by atoms with Crippen molar-refractivity contribution in [3.05, 3.63) is 23.5 Å². The number of carbonyl (C=O) groups is 1. The summed E-state index contributed by atoms with van der Waals surface area (Å²) in [5.74, 6) is -0.591. The van der Waals surface area contributed by atoms with Gasteiger partial charge in [-0.1, -0.05) is 0 Å². The molecule has 0 saturated heterocycles. The highest BCUT2D eigenvalue weighted by molar-refractivity contribution is 5.95. The van der Waals surface area contributed by atoms with Crippen molar-refractivity contribution in [3.8, 4) is 0 Å². The molecule has 1 aromatic heterocycles. The number of pyridine rings is 1. The van der Waals surface area contributed by atoms with Crippen molar-refractivity contribution in [2.45, 2.75) is 6.92 Å². The molecule has 1 amide bonds. The third-order valence-corrected chi connectivity index (χ3v) is 1.30. The Labute approximate surface area is 64.2 Å². The molecular formula is C7H9N3O. The third kappa shape index (κ3) is 1.46. The Morgan fingerprint density at radius 2 is 2.18 bits per heavy atom. The van der Waals surface area contributed by atoms with Gasteiger partial charge in [-0.05, 0) is 19.1 Å². The van der Waals surface area contributed by atoms with Gasteiger partial charge in [-0.2, -0.15) is 0 Å². The zero-order valence-electron chi connectivity index (χ0n) is 6.16. The van der Waals surface area contributed by atoms with Gasteiger partial charge < -0.3 is 11.5 Å². The van der Waals surface area contributed by atoms with Gasteiger partial charge in [0.15, 0.2) is 5.69 Å². The molecule has 0 aliphatic carbocycles. The second-order valence-electron chi connectivity index (χ2n) is 2.25. The molecule has 0 atom stereocenters. The van der Waals surface area contributed by atoms with Gasteiger partial charge in [-0.25, -0.2) is 4.98 Å². The number of hydrogen-bond donors (Lipinski definition) is 2. The summed E-state index contributed by atoms with van der Waals surface area (Å²) in [7, 11) is 0. The second kappa shape index (κ2) is 2.57. The van der Waals surface area contributed by atoms with Gasteiger partial charge in [0.2, 0.25) is 0 Å². The largest absolute Gasteiger partial charge is 0.397 e. The third-order valence-electron chi connectivity index (χ3n) is 1.30. The van der Waals surface area contributed by atoms with Crippen LogP contribution in [0.25, 0.3) is 0 Å². The first-order valence-electron chi connectivity index (χ1n) is 3.14. The molecule has 0 aromatic carbocycles. The number of nitrogens with two attached hydrogens (primary N) is 2. The molecule has 0 aliphatic rings. The van der Waals surface area contributed by atoms with Crippen LogP contribution in [0.4, 0.5) is 5.69 Å². The van der Waals surface area contributed by atoms with Crippen LogP contribution < -0.4 is 11.5 Å². The molecule has 1 aromatic rings. The van der Waals surface area contributed by atoms with E-state index < -0.39 is 5.91 Å². The number of rotatable bonds is 1. The first-order chi connectivity index (χ1) is 5.11. The minimum Gasteiger partial charge on any atom is -0.397 e. The van der Waals surface area contributed by atoms with Gasteiger partial charge in [0.25, 0.3) is 5.91 Å². The van der Waals surface area contributed by atoms with E-state index in [1.807, 2.05) is 0 Å². The SMILES string of the molecule is Cc1ccc(N)c(C(N)=O)n1.